The van der Waals surface area contributed by atoms with Crippen LogP contribution in [0.25, 0.3) is 11.2 Å². The fourth-order valence-electron chi connectivity index (χ4n) is 1.96. The Morgan fingerprint density at radius 2 is 2.20 bits per heavy atom. The first-order chi connectivity index (χ1) is 7.45. The number of rotatable bonds is 1. The van der Waals surface area contributed by atoms with Gasteiger partial charge in [0.1, 0.15) is 5.52 Å². The summed E-state index contributed by atoms with van der Waals surface area (Å²) in [5.74, 6) is 2.44. The molecule has 0 N–H and O–H groups in total. The highest BCUT2D eigenvalue weighted by molar-refractivity contribution is 7.99. The third kappa shape index (κ3) is 1.61. The second-order valence-electron chi connectivity index (χ2n) is 3.72. The lowest BCUT2D eigenvalue weighted by Gasteiger charge is -2.21. The maximum Gasteiger partial charge on any atom is 0.178 e. The fourth-order valence-corrected chi connectivity index (χ4v) is 3.04. The molecular formula is C10H12N4S. The van der Waals surface area contributed by atoms with Gasteiger partial charge >= 0.3 is 0 Å². The van der Waals surface area contributed by atoms with Gasteiger partial charge in [-0.25, -0.2) is 9.67 Å². The van der Waals surface area contributed by atoms with Crippen LogP contribution in [-0.4, -0.2) is 31.5 Å². The van der Waals surface area contributed by atoms with Crippen LogP contribution in [0.4, 0.5) is 0 Å². The molecule has 0 radical (unpaired) electrons. The molecule has 2 aromatic heterocycles. The summed E-state index contributed by atoms with van der Waals surface area (Å²) in [6.45, 7) is 0. The summed E-state index contributed by atoms with van der Waals surface area (Å²) in [5, 5.41) is 8.35. The number of thioether (sulfide) groups is 1. The van der Waals surface area contributed by atoms with Crippen molar-refractivity contribution in [3.05, 3.63) is 18.3 Å². The fraction of sp³-hybridized carbons (Fsp3) is 0.500. The van der Waals surface area contributed by atoms with Gasteiger partial charge in [0.2, 0.25) is 0 Å². The van der Waals surface area contributed by atoms with Gasteiger partial charge in [-0.05, 0) is 36.5 Å². The Balaban J connectivity index is 2.02. The Hall–Kier alpha value is -1.10. The topological polar surface area (TPSA) is 43.6 Å². The van der Waals surface area contributed by atoms with Crippen LogP contribution < -0.4 is 0 Å². The zero-order valence-corrected chi connectivity index (χ0v) is 9.15. The first-order valence-electron chi connectivity index (χ1n) is 5.19. The number of fused-ring (bicyclic) bond motifs is 1. The van der Waals surface area contributed by atoms with E-state index in [1.54, 1.807) is 6.20 Å². The number of hydrogen-bond acceptors (Lipinski definition) is 4. The van der Waals surface area contributed by atoms with E-state index in [0.717, 1.165) is 11.2 Å². The summed E-state index contributed by atoms with van der Waals surface area (Å²) in [7, 11) is 0. The molecule has 0 bridgehead atoms. The predicted molar refractivity (Wildman–Crippen MR) is 60.9 cm³/mol. The lowest BCUT2D eigenvalue weighted by atomic mass is 10.1. The molecule has 1 aliphatic rings. The van der Waals surface area contributed by atoms with Gasteiger partial charge in [-0.2, -0.15) is 11.8 Å². The predicted octanol–water partition coefficient (Wildman–Crippen LogP) is 1.89. The van der Waals surface area contributed by atoms with Crippen LogP contribution in [0.5, 0.6) is 0 Å². The minimum atomic E-state index is 0.492. The molecule has 78 valence electrons. The Kier molecular flexibility index (Phi) is 2.32. The van der Waals surface area contributed by atoms with Gasteiger partial charge < -0.3 is 0 Å². The summed E-state index contributed by atoms with van der Waals surface area (Å²) >= 11 is 2.02. The first kappa shape index (κ1) is 9.15. The maximum absolute atomic E-state index is 4.35. The van der Waals surface area contributed by atoms with Crippen LogP contribution in [0.3, 0.4) is 0 Å². The molecule has 4 nitrogen and oxygen atoms in total. The van der Waals surface area contributed by atoms with Gasteiger partial charge in [-0.1, -0.05) is 5.21 Å². The summed E-state index contributed by atoms with van der Waals surface area (Å²) in [5.41, 5.74) is 1.82. The number of aromatic nitrogens is 4. The van der Waals surface area contributed by atoms with Crippen molar-refractivity contribution in [2.45, 2.75) is 18.9 Å². The molecule has 2 aromatic rings. The lowest BCUT2D eigenvalue weighted by molar-refractivity contribution is 0.426. The molecule has 1 fully saturated rings. The average molecular weight is 220 g/mol. The third-order valence-corrected chi connectivity index (χ3v) is 3.82. The molecule has 0 spiro atoms. The van der Waals surface area contributed by atoms with Crippen LogP contribution in [0.2, 0.25) is 0 Å². The van der Waals surface area contributed by atoms with Crippen molar-refractivity contribution >= 4 is 22.9 Å². The normalized spacial score (nSPS) is 18.4. The van der Waals surface area contributed by atoms with Gasteiger partial charge in [0.15, 0.2) is 5.65 Å². The molecule has 1 saturated heterocycles. The monoisotopic (exact) mass is 220 g/mol. The molecule has 1 aliphatic heterocycles. The van der Waals surface area contributed by atoms with E-state index in [1.165, 1.54) is 24.3 Å². The van der Waals surface area contributed by atoms with Crippen LogP contribution in [0.15, 0.2) is 18.3 Å². The van der Waals surface area contributed by atoms with Gasteiger partial charge in [-0.15, -0.1) is 5.10 Å². The SMILES string of the molecule is c1cnc2c(c1)nnn2C1CCSCC1. The van der Waals surface area contributed by atoms with Gasteiger partial charge in [-0.3, -0.25) is 0 Å². The van der Waals surface area contributed by atoms with Gasteiger partial charge in [0.05, 0.1) is 6.04 Å². The molecule has 15 heavy (non-hydrogen) atoms. The zero-order valence-electron chi connectivity index (χ0n) is 8.33. The Bertz CT molecular complexity index is 461. The molecule has 0 aliphatic carbocycles. The lowest BCUT2D eigenvalue weighted by Crippen LogP contribution is -2.16. The quantitative estimate of drug-likeness (QED) is 0.736. The first-order valence-corrected chi connectivity index (χ1v) is 6.34. The average Bonchev–Trinajstić information content (AvgIpc) is 2.74. The van der Waals surface area contributed by atoms with Crippen LogP contribution in [-0.2, 0) is 0 Å². The summed E-state index contributed by atoms with van der Waals surface area (Å²) < 4.78 is 2.00. The van der Waals surface area contributed by atoms with Crippen LogP contribution in [0, 0.1) is 0 Å². The smallest absolute Gasteiger partial charge is 0.178 e. The molecule has 0 amide bonds. The van der Waals surface area contributed by atoms with Gasteiger partial charge in [0, 0.05) is 6.20 Å². The second kappa shape index (κ2) is 3.81. The van der Waals surface area contributed by atoms with Crippen molar-refractivity contribution in [3.8, 4) is 0 Å². The molecule has 0 aromatic carbocycles. The van der Waals surface area contributed by atoms with Crippen molar-refractivity contribution in [3.63, 3.8) is 0 Å². The van der Waals surface area contributed by atoms with E-state index in [2.05, 4.69) is 15.3 Å². The molecule has 0 atom stereocenters. The van der Waals surface area contributed by atoms with E-state index < -0.39 is 0 Å². The third-order valence-electron chi connectivity index (χ3n) is 2.77. The molecule has 0 unspecified atom stereocenters. The van der Waals surface area contributed by atoms with E-state index in [-0.39, 0.29) is 0 Å². The van der Waals surface area contributed by atoms with E-state index in [1.807, 2.05) is 28.6 Å². The molecule has 5 heteroatoms. The Morgan fingerprint density at radius 3 is 3.07 bits per heavy atom. The highest BCUT2D eigenvalue weighted by atomic mass is 32.2. The largest absolute Gasteiger partial charge is 0.235 e. The van der Waals surface area contributed by atoms with E-state index in [4.69, 9.17) is 0 Å². The minimum absolute atomic E-state index is 0.492. The standard InChI is InChI=1S/C10H12N4S/c1-2-9-10(11-5-1)14(13-12-9)8-3-6-15-7-4-8/h1-2,5,8H,3-4,6-7H2. The number of nitrogens with zero attached hydrogens (tertiary/aromatic N) is 4. The Labute approximate surface area is 92.1 Å². The summed E-state index contributed by atoms with van der Waals surface area (Å²) in [6, 6.07) is 4.35. The van der Waals surface area contributed by atoms with E-state index in [9.17, 15) is 0 Å². The van der Waals surface area contributed by atoms with Crippen molar-refractivity contribution in [1.29, 1.82) is 0 Å². The molecule has 3 heterocycles. The summed E-state index contributed by atoms with van der Waals surface area (Å²) in [6.07, 6.45) is 4.17. The zero-order chi connectivity index (χ0) is 10.1. The molecule has 0 saturated carbocycles. The van der Waals surface area contributed by atoms with Gasteiger partial charge in [0.25, 0.3) is 0 Å². The van der Waals surface area contributed by atoms with E-state index in [0.29, 0.717) is 6.04 Å². The minimum Gasteiger partial charge on any atom is -0.235 e. The van der Waals surface area contributed by atoms with Crippen molar-refractivity contribution in [1.82, 2.24) is 20.0 Å². The molecule has 3 rings (SSSR count). The van der Waals surface area contributed by atoms with E-state index >= 15 is 0 Å². The van der Waals surface area contributed by atoms with Crippen molar-refractivity contribution < 1.29 is 0 Å². The Morgan fingerprint density at radius 1 is 1.33 bits per heavy atom. The number of pyridine rings is 1. The molecular weight excluding hydrogens is 208 g/mol. The van der Waals surface area contributed by atoms with Crippen molar-refractivity contribution in [2.75, 3.05) is 11.5 Å². The van der Waals surface area contributed by atoms with Crippen LogP contribution in [0.1, 0.15) is 18.9 Å². The maximum atomic E-state index is 4.35. The highest BCUT2D eigenvalue weighted by Crippen LogP contribution is 2.27. The number of hydrogen-bond donors (Lipinski definition) is 0. The summed E-state index contributed by atoms with van der Waals surface area (Å²) in [4.78, 5) is 4.35. The highest BCUT2D eigenvalue weighted by Gasteiger charge is 2.19. The van der Waals surface area contributed by atoms with Crippen molar-refractivity contribution in [2.24, 2.45) is 0 Å². The van der Waals surface area contributed by atoms with Crippen LogP contribution >= 0.6 is 11.8 Å². The second-order valence-corrected chi connectivity index (χ2v) is 4.95.